The van der Waals surface area contributed by atoms with Crippen molar-refractivity contribution in [3.05, 3.63) is 39.4 Å². The van der Waals surface area contributed by atoms with Gasteiger partial charge in [0.15, 0.2) is 0 Å². The number of halogens is 2. The Hall–Kier alpha value is -2.05. The van der Waals surface area contributed by atoms with Gasteiger partial charge in [-0.15, -0.1) is 0 Å². The molecule has 1 amide bonds. The van der Waals surface area contributed by atoms with E-state index in [1.807, 2.05) is 13.8 Å². The molecule has 1 aromatic carbocycles. The molecule has 0 bridgehead atoms. The summed E-state index contributed by atoms with van der Waals surface area (Å²) in [5, 5.41) is 13.1. The molecule has 0 heterocycles. The number of carbonyl (C=O) groups is 1. The van der Waals surface area contributed by atoms with E-state index >= 15 is 0 Å². The molecule has 1 saturated carbocycles. The number of nitro groups is 1. The minimum Gasteiger partial charge on any atom is -0.351 e. The molecule has 2 rings (SSSR count). The van der Waals surface area contributed by atoms with E-state index < -0.39 is 33.7 Å². The molecule has 0 aromatic heterocycles. The summed E-state index contributed by atoms with van der Waals surface area (Å²) in [5.41, 5.74) is -1.46. The molecule has 0 spiro atoms. The van der Waals surface area contributed by atoms with Crippen LogP contribution in [0.3, 0.4) is 0 Å². The van der Waals surface area contributed by atoms with Gasteiger partial charge in [-0.25, -0.2) is 4.39 Å². The molecule has 0 atom stereocenters. The van der Waals surface area contributed by atoms with Crippen molar-refractivity contribution in [1.29, 1.82) is 0 Å². The summed E-state index contributed by atoms with van der Waals surface area (Å²) in [7, 11) is 0. The topological polar surface area (TPSA) is 72.2 Å². The van der Waals surface area contributed by atoms with Crippen molar-refractivity contribution in [2.75, 3.05) is 6.54 Å². The van der Waals surface area contributed by atoms with Gasteiger partial charge in [0, 0.05) is 6.54 Å². The van der Waals surface area contributed by atoms with Crippen LogP contribution in [0.5, 0.6) is 0 Å². The molecule has 7 heteroatoms. The molecule has 114 valence electrons. The van der Waals surface area contributed by atoms with Gasteiger partial charge in [-0.1, -0.05) is 13.8 Å². The molecule has 0 radical (unpaired) electrons. The predicted octanol–water partition coefficient (Wildman–Crippen LogP) is 3.04. The van der Waals surface area contributed by atoms with Crippen molar-refractivity contribution >= 4 is 11.6 Å². The van der Waals surface area contributed by atoms with Crippen LogP contribution in [0.2, 0.25) is 0 Å². The lowest BCUT2D eigenvalue weighted by Gasteiger charge is -2.20. The molecular formula is C14H16F2N2O3. The molecule has 1 N–H and O–H groups in total. The van der Waals surface area contributed by atoms with E-state index in [1.54, 1.807) is 0 Å². The van der Waals surface area contributed by atoms with Crippen LogP contribution in [-0.4, -0.2) is 17.4 Å². The average molecular weight is 298 g/mol. The first-order valence-corrected chi connectivity index (χ1v) is 6.68. The number of carbonyl (C=O) groups excluding carboxylic acids is 1. The van der Waals surface area contributed by atoms with E-state index in [9.17, 15) is 23.7 Å². The van der Waals surface area contributed by atoms with Crippen molar-refractivity contribution in [1.82, 2.24) is 5.32 Å². The summed E-state index contributed by atoms with van der Waals surface area (Å²) in [4.78, 5) is 21.4. The highest BCUT2D eigenvalue weighted by Crippen LogP contribution is 2.51. The monoisotopic (exact) mass is 298 g/mol. The average Bonchev–Trinajstić information content (AvgIpc) is 3.19. The Morgan fingerprint density at radius 2 is 2.00 bits per heavy atom. The summed E-state index contributed by atoms with van der Waals surface area (Å²) < 4.78 is 27.2. The first-order valence-electron chi connectivity index (χ1n) is 6.68. The predicted molar refractivity (Wildman–Crippen MR) is 71.9 cm³/mol. The van der Waals surface area contributed by atoms with E-state index in [-0.39, 0.29) is 5.41 Å². The maximum atomic E-state index is 13.7. The fourth-order valence-corrected chi connectivity index (χ4v) is 2.32. The largest absolute Gasteiger partial charge is 0.351 e. The molecule has 21 heavy (non-hydrogen) atoms. The van der Waals surface area contributed by atoms with Gasteiger partial charge < -0.3 is 5.32 Å². The van der Waals surface area contributed by atoms with Gasteiger partial charge in [0.25, 0.3) is 5.91 Å². The van der Waals surface area contributed by atoms with Crippen LogP contribution in [0.15, 0.2) is 12.1 Å². The summed E-state index contributed by atoms with van der Waals surface area (Å²) in [6.45, 7) is 4.48. The fourth-order valence-electron chi connectivity index (χ4n) is 2.32. The van der Waals surface area contributed by atoms with E-state index in [0.29, 0.717) is 24.6 Å². The Balaban J connectivity index is 2.13. The van der Waals surface area contributed by atoms with Crippen molar-refractivity contribution in [2.24, 2.45) is 11.3 Å². The van der Waals surface area contributed by atoms with Crippen molar-refractivity contribution < 1.29 is 18.5 Å². The number of nitrogens with zero attached hydrogens (tertiary/aromatic N) is 1. The number of hydrogen-bond acceptors (Lipinski definition) is 3. The fraction of sp³-hybridized carbons (Fsp3) is 0.500. The summed E-state index contributed by atoms with van der Waals surface area (Å²) in [6, 6.07) is 0.997. The van der Waals surface area contributed by atoms with E-state index in [1.165, 1.54) is 0 Å². The van der Waals surface area contributed by atoms with Gasteiger partial charge in [-0.2, -0.15) is 4.39 Å². The van der Waals surface area contributed by atoms with Gasteiger partial charge in [-0.3, -0.25) is 14.9 Å². The normalized spacial score (nSPS) is 15.9. The minimum atomic E-state index is -1.23. The molecule has 1 aliphatic carbocycles. The number of amides is 1. The number of hydrogen-bond donors (Lipinski definition) is 1. The number of rotatable bonds is 5. The summed E-state index contributed by atoms with van der Waals surface area (Å²) in [5.74, 6) is -2.70. The second kappa shape index (κ2) is 5.38. The van der Waals surface area contributed by atoms with E-state index in [4.69, 9.17) is 0 Å². The third kappa shape index (κ3) is 3.01. The summed E-state index contributed by atoms with van der Waals surface area (Å²) >= 11 is 0. The number of nitrogens with one attached hydrogen (secondary N) is 1. The highest BCUT2D eigenvalue weighted by Gasteiger charge is 2.45. The van der Waals surface area contributed by atoms with Crippen molar-refractivity contribution in [2.45, 2.75) is 26.7 Å². The molecule has 0 unspecified atom stereocenters. The maximum Gasteiger partial charge on any atom is 0.307 e. The second-order valence-electron chi connectivity index (χ2n) is 5.74. The van der Waals surface area contributed by atoms with Crippen LogP contribution in [0.4, 0.5) is 14.5 Å². The van der Waals surface area contributed by atoms with Crippen molar-refractivity contribution in [3.8, 4) is 0 Å². The first kappa shape index (κ1) is 15.3. The van der Waals surface area contributed by atoms with Crippen LogP contribution in [0, 0.1) is 33.1 Å². The van der Waals surface area contributed by atoms with Gasteiger partial charge in [0.2, 0.25) is 5.82 Å². The maximum absolute atomic E-state index is 13.7. The van der Waals surface area contributed by atoms with E-state index in [2.05, 4.69) is 5.32 Å². The zero-order valence-electron chi connectivity index (χ0n) is 11.8. The molecule has 0 saturated heterocycles. The third-order valence-electron chi connectivity index (χ3n) is 4.20. The van der Waals surface area contributed by atoms with E-state index in [0.717, 1.165) is 12.8 Å². The highest BCUT2D eigenvalue weighted by atomic mass is 19.1. The van der Waals surface area contributed by atoms with Crippen LogP contribution >= 0.6 is 0 Å². The lowest BCUT2D eigenvalue weighted by atomic mass is 9.92. The third-order valence-corrected chi connectivity index (χ3v) is 4.20. The number of benzene rings is 1. The lowest BCUT2D eigenvalue weighted by molar-refractivity contribution is -0.387. The van der Waals surface area contributed by atoms with Gasteiger partial charge >= 0.3 is 5.69 Å². The van der Waals surface area contributed by atoms with Gasteiger partial charge in [-0.05, 0) is 30.2 Å². The zero-order chi connectivity index (χ0) is 15.8. The molecule has 1 aliphatic rings. The quantitative estimate of drug-likeness (QED) is 0.671. The Kier molecular flexibility index (Phi) is 3.93. The minimum absolute atomic E-state index is 0.0332. The smallest absolute Gasteiger partial charge is 0.307 e. The Morgan fingerprint density at radius 1 is 1.38 bits per heavy atom. The Labute approximate surface area is 120 Å². The van der Waals surface area contributed by atoms with Crippen LogP contribution < -0.4 is 5.32 Å². The van der Waals surface area contributed by atoms with Crippen LogP contribution in [0.25, 0.3) is 0 Å². The zero-order valence-corrected chi connectivity index (χ0v) is 11.8. The second-order valence-corrected chi connectivity index (χ2v) is 5.74. The first-order chi connectivity index (χ1) is 9.77. The Morgan fingerprint density at radius 3 is 2.48 bits per heavy atom. The van der Waals surface area contributed by atoms with Gasteiger partial charge in [0.05, 0.1) is 16.6 Å². The number of nitro benzene ring substituents is 1. The highest BCUT2D eigenvalue weighted by molar-refractivity contribution is 5.94. The van der Waals surface area contributed by atoms with Crippen molar-refractivity contribution in [3.63, 3.8) is 0 Å². The van der Waals surface area contributed by atoms with Crippen LogP contribution in [0.1, 0.15) is 37.0 Å². The molecule has 1 fully saturated rings. The molecule has 0 aliphatic heterocycles. The van der Waals surface area contributed by atoms with Crippen LogP contribution in [-0.2, 0) is 0 Å². The molecule has 5 nitrogen and oxygen atoms in total. The standard InChI is InChI=1S/C14H16F2N2O3/c1-8(2)14(3-4-14)7-17-13(19)9-5-11(16)12(18(20)21)6-10(9)15/h5-6,8H,3-4,7H2,1-2H3,(H,17,19). The summed E-state index contributed by atoms with van der Waals surface area (Å²) in [6.07, 6.45) is 1.98. The lowest BCUT2D eigenvalue weighted by Crippen LogP contribution is -2.33. The Bertz CT molecular complexity index is 598. The van der Waals surface area contributed by atoms with Gasteiger partial charge in [0.1, 0.15) is 5.82 Å². The molecule has 1 aromatic rings. The SMILES string of the molecule is CC(C)C1(CNC(=O)c2cc(F)c([N+](=O)[O-])cc2F)CC1. The molecular weight excluding hydrogens is 282 g/mol.